The first kappa shape index (κ1) is 22.2. The van der Waals surface area contributed by atoms with E-state index in [0.717, 1.165) is 16.9 Å². The lowest BCUT2D eigenvalue weighted by Crippen LogP contribution is -2.24. The molecule has 156 valence electrons. The number of halogens is 2. The highest BCUT2D eigenvalue weighted by Crippen LogP contribution is 2.30. The molecule has 0 N–H and O–H groups in total. The molecule has 0 unspecified atom stereocenters. The zero-order valence-electron chi connectivity index (χ0n) is 16.9. The van der Waals surface area contributed by atoms with Crippen LogP contribution in [0.1, 0.15) is 23.6 Å². The van der Waals surface area contributed by atoms with Crippen LogP contribution < -0.4 is 14.2 Å². The highest BCUT2D eigenvalue weighted by atomic mass is 19.3. The molecule has 0 fully saturated rings. The van der Waals surface area contributed by atoms with Crippen molar-refractivity contribution < 1.29 is 27.8 Å². The van der Waals surface area contributed by atoms with E-state index in [1.54, 1.807) is 44.2 Å². The lowest BCUT2D eigenvalue weighted by atomic mass is 10.1. The summed E-state index contributed by atoms with van der Waals surface area (Å²) >= 11 is 0. The van der Waals surface area contributed by atoms with Crippen molar-refractivity contribution in [3.05, 3.63) is 59.2 Å². The Labute approximate surface area is 169 Å². The van der Waals surface area contributed by atoms with Gasteiger partial charge in [-0.25, -0.2) is 0 Å². The molecule has 2 aromatic carbocycles. The molecule has 5 nitrogen and oxygen atoms in total. The van der Waals surface area contributed by atoms with E-state index in [4.69, 9.17) is 9.47 Å². The first-order valence-corrected chi connectivity index (χ1v) is 9.12. The number of benzene rings is 2. The Balaban J connectivity index is 2.11. The highest BCUT2D eigenvalue weighted by molar-refractivity contribution is 5.91. The Hall–Kier alpha value is -3.09. The molecule has 0 saturated heterocycles. The van der Waals surface area contributed by atoms with Gasteiger partial charge in [-0.15, -0.1) is 0 Å². The lowest BCUT2D eigenvalue weighted by molar-refractivity contribution is -0.125. The van der Waals surface area contributed by atoms with Gasteiger partial charge in [0.1, 0.15) is 5.75 Å². The second-order valence-electron chi connectivity index (χ2n) is 6.36. The Morgan fingerprint density at radius 3 is 2.52 bits per heavy atom. The number of methoxy groups -OCH3 is 1. The van der Waals surface area contributed by atoms with E-state index in [1.807, 2.05) is 25.1 Å². The van der Waals surface area contributed by atoms with Crippen LogP contribution in [0, 0.1) is 6.92 Å². The number of carbonyl (C=O) groups is 1. The van der Waals surface area contributed by atoms with E-state index < -0.39 is 6.61 Å². The summed E-state index contributed by atoms with van der Waals surface area (Å²) in [7, 11) is 3.28. The molecular weight excluding hydrogens is 380 g/mol. The summed E-state index contributed by atoms with van der Waals surface area (Å²) in [5.74, 6) is 0.656. The maximum Gasteiger partial charge on any atom is 0.387 e. The van der Waals surface area contributed by atoms with Gasteiger partial charge in [0.05, 0.1) is 13.7 Å². The largest absolute Gasteiger partial charge is 0.496 e. The van der Waals surface area contributed by atoms with Gasteiger partial charge in [0, 0.05) is 25.2 Å². The maximum atomic E-state index is 12.5. The average molecular weight is 405 g/mol. The molecule has 0 aromatic heterocycles. The average Bonchev–Trinajstić information content (AvgIpc) is 2.67. The van der Waals surface area contributed by atoms with E-state index in [1.165, 1.54) is 12.1 Å². The number of aryl methyl sites for hydroxylation is 1. The predicted octanol–water partition coefficient (Wildman–Crippen LogP) is 4.68. The van der Waals surface area contributed by atoms with E-state index in [9.17, 15) is 13.6 Å². The zero-order valence-corrected chi connectivity index (χ0v) is 16.9. The highest BCUT2D eigenvalue weighted by Gasteiger charge is 2.12. The fraction of sp³-hybridized carbons (Fsp3) is 0.318. The van der Waals surface area contributed by atoms with Gasteiger partial charge in [0.25, 0.3) is 0 Å². The quantitative estimate of drug-likeness (QED) is 0.569. The Bertz CT molecular complexity index is 868. The number of hydrogen-bond donors (Lipinski definition) is 0. The van der Waals surface area contributed by atoms with Gasteiger partial charge in [-0.1, -0.05) is 23.8 Å². The molecule has 0 atom stereocenters. The summed E-state index contributed by atoms with van der Waals surface area (Å²) in [5, 5.41) is 0. The van der Waals surface area contributed by atoms with Gasteiger partial charge in [-0.05, 0) is 43.7 Å². The van der Waals surface area contributed by atoms with Crippen molar-refractivity contribution in [3.8, 4) is 17.2 Å². The van der Waals surface area contributed by atoms with Crippen molar-refractivity contribution >= 4 is 12.0 Å². The van der Waals surface area contributed by atoms with Crippen LogP contribution in [0.15, 0.2) is 42.5 Å². The van der Waals surface area contributed by atoms with Crippen molar-refractivity contribution in [2.75, 3.05) is 20.8 Å². The number of carbonyl (C=O) groups excluding carboxylic acids is 1. The van der Waals surface area contributed by atoms with Crippen molar-refractivity contribution in [2.24, 2.45) is 0 Å². The van der Waals surface area contributed by atoms with Crippen molar-refractivity contribution in [3.63, 3.8) is 0 Å². The summed E-state index contributed by atoms with van der Waals surface area (Å²) in [6, 6.07) is 10.3. The standard InChI is InChI=1S/C22H25F2NO4/c1-5-28-20-13-16(7-10-19(20)29-22(23)24)8-11-21(26)25(3)14-17-12-15(2)6-9-18(17)27-4/h6-13,22H,5,14H2,1-4H3/b11-8+. The molecule has 2 rings (SSSR count). The summed E-state index contributed by atoms with van der Waals surface area (Å²) in [6.45, 7) is 1.46. The van der Waals surface area contributed by atoms with Crippen LogP contribution in [0.2, 0.25) is 0 Å². The van der Waals surface area contributed by atoms with Crippen LogP contribution in [-0.2, 0) is 11.3 Å². The minimum atomic E-state index is -2.94. The smallest absolute Gasteiger partial charge is 0.387 e. The van der Waals surface area contributed by atoms with Crippen LogP contribution in [0.5, 0.6) is 17.2 Å². The third-order valence-electron chi connectivity index (χ3n) is 4.12. The minimum absolute atomic E-state index is 0.0472. The van der Waals surface area contributed by atoms with Gasteiger partial charge in [0.2, 0.25) is 5.91 Å². The maximum absolute atomic E-state index is 12.5. The number of nitrogens with zero attached hydrogens (tertiary/aromatic N) is 1. The Morgan fingerprint density at radius 2 is 1.86 bits per heavy atom. The summed E-state index contributed by atoms with van der Waals surface area (Å²) in [5.41, 5.74) is 2.61. The number of likely N-dealkylation sites (N-methyl/N-ethyl adjacent to an activating group) is 1. The molecule has 0 heterocycles. The normalized spacial score (nSPS) is 11.0. The molecule has 0 saturated carbocycles. The zero-order chi connectivity index (χ0) is 21.4. The molecule has 0 radical (unpaired) electrons. The number of hydrogen-bond acceptors (Lipinski definition) is 4. The van der Waals surface area contributed by atoms with E-state index in [2.05, 4.69) is 4.74 Å². The number of amides is 1. The van der Waals surface area contributed by atoms with Crippen molar-refractivity contribution in [1.29, 1.82) is 0 Å². The van der Waals surface area contributed by atoms with Gasteiger partial charge < -0.3 is 19.1 Å². The third kappa shape index (κ3) is 6.48. The predicted molar refractivity (Wildman–Crippen MR) is 107 cm³/mol. The first-order chi connectivity index (χ1) is 13.8. The number of rotatable bonds is 9. The number of ether oxygens (including phenoxy) is 3. The summed E-state index contributed by atoms with van der Waals surface area (Å²) in [4.78, 5) is 14.0. The van der Waals surface area contributed by atoms with Crippen LogP contribution in [-0.4, -0.2) is 38.2 Å². The van der Waals surface area contributed by atoms with Gasteiger partial charge in [-0.2, -0.15) is 8.78 Å². The lowest BCUT2D eigenvalue weighted by Gasteiger charge is -2.18. The van der Waals surface area contributed by atoms with Crippen LogP contribution in [0.3, 0.4) is 0 Å². The van der Waals surface area contributed by atoms with Gasteiger partial charge in [0.15, 0.2) is 11.5 Å². The van der Waals surface area contributed by atoms with E-state index in [0.29, 0.717) is 18.7 Å². The molecule has 0 aliphatic heterocycles. The second kappa shape index (κ2) is 10.5. The molecule has 0 bridgehead atoms. The molecule has 0 spiro atoms. The molecular formula is C22H25F2NO4. The Morgan fingerprint density at radius 1 is 1.14 bits per heavy atom. The molecule has 7 heteroatoms. The van der Waals surface area contributed by atoms with Crippen LogP contribution in [0.25, 0.3) is 6.08 Å². The van der Waals surface area contributed by atoms with Crippen molar-refractivity contribution in [1.82, 2.24) is 4.90 Å². The molecule has 2 aromatic rings. The van der Waals surface area contributed by atoms with Crippen LogP contribution in [0.4, 0.5) is 8.78 Å². The summed E-state index contributed by atoms with van der Waals surface area (Å²) < 4.78 is 40.1. The van der Waals surface area contributed by atoms with Gasteiger partial charge >= 0.3 is 6.61 Å². The molecule has 29 heavy (non-hydrogen) atoms. The fourth-order valence-electron chi connectivity index (χ4n) is 2.75. The third-order valence-corrected chi connectivity index (χ3v) is 4.12. The van der Waals surface area contributed by atoms with Crippen LogP contribution >= 0.6 is 0 Å². The molecule has 1 amide bonds. The van der Waals surface area contributed by atoms with Crippen molar-refractivity contribution in [2.45, 2.75) is 27.0 Å². The molecule has 0 aliphatic carbocycles. The minimum Gasteiger partial charge on any atom is -0.496 e. The topological polar surface area (TPSA) is 48.0 Å². The fourth-order valence-corrected chi connectivity index (χ4v) is 2.75. The SMILES string of the molecule is CCOc1cc(/C=C/C(=O)N(C)Cc2cc(C)ccc2OC)ccc1OC(F)F. The van der Waals surface area contributed by atoms with E-state index in [-0.39, 0.29) is 17.4 Å². The number of alkyl halides is 2. The second-order valence-corrected chi connectivity index (χ2v) is 6.36. The molecule has 0 aliphatic rings. The Kier molecular flexibility index (Phi) is 8.00. The van der Waals surface area contributed by atoms with Gasteiger partial charge in [-0.3, -0.25) is 4.79 Å². The summed E-state index contributed by atoms with van der Waals surface area (Å²) in [6.07, 6.45) is 3.02. The monoisotopic (exact) mass is 405 g/mol. The first-order valence-electron chi connectivity index (χ1n) is 9.12. The van der Waals surface area contributed by atoms with E-state index >= 15 is 0 Å².